The first-order chi connectivity index (χ1) is 9.99. The Labute approximate surface area is 121 Å². The molecule has 2 aromatic rings. The maximum Gasteiger partial charge on any atom is 0.345 e. The first-order valence-corrected chi connectivity index (χ1v) is 6.49. The number of aromatic carboxylic acids is 1. The van der Waals surface area contributed by atoms with Gasteiger partial charge in [-0.25, -0.2) is 4.79 Å². The van der Waals surface area contributed by atoms with Crippen LogP contribution < -0.4 is 10.9 Å². The highest BCUT2D eigenvalue weighted by Crippen LogP contribution is 2.30. The molecule has 0 saturated heterocycles. The van der Waals surface area contributed by atoms with E-state index in [0.29, 0.717) is 23.2 Å². The fourth-order valence-electron chi connectivity index (χ4n) is 2.22. The van der Waals surface area contributed by atoms with Crippen LogP contribution in [0.2, 0.25) is 0 Å². The van der Waals surface area contributed by atoms with E-state index in [1.807, 2.05) is 12.1 Å². The van der Waals surface area contributed by atoms with Crippen molar-refractivity contribution in [3.63, 3.8) is 0 Å². The van der Waals surface area contributed by atoms with E-state index in [-0.39, 0.29) is 0 Å². The van der Waals surface area contributed by atoms with E-state index >= 15 is 0 Å². The molecular formula is C15H16N2O4. The zero-order valence-corrected chi connectivity index (χ0v) is 11.7. The minimum absolute atomic E-state index is 0.395. The summed E-state index contributed by atoms with van der Waals surface area (Å²) in [6.45, 7) is 1.78. The Morgan fingerprint density at radius 3 is 2.38 bits per heavy atom. The smallest absolute Gasteiger partial charge is 0.345 e. The molecule has 1 heterocycles. The number of aromatic amines is 1. The third-order valence-electron chi connectivity index (χ3n) is 3.32. The topological polar surface area (TPSA) is 102 Å². The van der Waals surface area contributed by atoms with E-state index in [1.54, 1.807) is 26.1 Å². The molecule has 0 unspecified atom stereocenters. The minimum Gasteiger partial charge on any atom is -0.506 e. The predicted molar refractivity (Wildman–Crippen MR) is 80.0 cm³/mol. The number of H-pyrrole nitrogens is 1. The van der Waals surface area contributed by atoms with Crippen molar-refractivity contribution in [1.82, 2.24) is 4.98 Å². The van der Waals surface area contributed by atoms with E-state index in [9.17, 15) is 14.7 Å². The number of carbonyl (C=O) groups is 1. The fraction of sp³-hybridized carbons (Fsp3) is 0.200. The predicted octanol–water partition coefficient (Wildman–Crippen LogP) is 2.05. The number of aromatic nitrogens is 1. The summed E-state index contributed by atoms with van der Waals surface area (Å²) in [5.74, 6) is -1.91. The van der Waals surface area contributed by atoms with E-state index in [1.165, 1.54) is 0 Å². The number of pyridine rings is 1. The SMILES string of the molecule is CCc1c(-c2ccc(NC)cc2)[nH]c(=O)c(C(=O)O)c1O. The normalized spacial score (nSPS) is 10.4. The molecule has 2 rings (SSSR count). The van der Waals surface area contributed by atoms with Crippen LogP contribution in [0.3, 0.4) is 0 Å². The van der Waals surface area contributed by atoms with Crippen molar-refractivity contribution in [2.75, 3.05) is 12.4 Å². The highest BCUT2D eigenvalue weighted by Gasteiger charge is 2.21. The zero-order chi connectivity index (χ0) is 15.6. The highest BCUT2D eigenvalue weighted by molar-refractivity contribution is 5.91. The average molecular weight is 288 g/mol. The first kappa shape index (κ1) is 14.6. The summed E-state index contributed by atoms with van der Waals surface area (Å²) < 4.78 is 0. The summed E-state index contributed by atoms with van der Waals surface area (Å²) in [5, 5.41) is 22.1. The number of carboxylic acids is 1. The van der Waals surface area contributed by atoms with Crippen LogP contribution in [0.15, 0.2) is 29.1 Å². The quantitative estimate of drug-likeness (QED) is 0.689. The molecule has 0 amide bonds. The molecule has 1 aromatic heterocycles. The van der Waals surface area contributed by atoms with Gasteiger partial charge in [0.25, 0.3) is 5.56 Å². The summed E-state index contributed by atoms with van der Waals surface area (Å²) in [7, 11) is 1.79. The van der Waals surface area contributed by atoms with Crippen LogP contribution >= 0.6 is 0 Å². The lowest BCUT2D eigenvalue weighted by molar-refractivity contribution is 0.0691. The third-order valence-corrected chi connectivity index (χ3v) is 3.32. The van der Waals surface area contributed by atoms with Crippen LogP contribution in [0, 0.1) is 0 Å². The number of aromatic hydroxyl groups is 1. The van der Waals surface area contributed by atoms with Crippen LogP contribution in [-0.2, 0) is 6.42 Å². The fourth-order valence-corrected chi connectivity index (χ4v) is 2.22. The number of hydrogen-bond donors (Lipinski definition) is 4. The summed E-state index contributed by atoms with van der Waals surface area (Å²) >= 11 is 0. The molecule has 0 fully saturated rings. The van der Waals surface area contributed by atoms with Gasteiger partial charge in [-0.15, -0.1) is 0 Å². The van der Waals surface area contributed by atoms with Crippen LogP contribution in [0.25, 0.3) is 11.3 Å². The monoisotopic (exact) mass is 288 g/mol. The van der Waals surface area contributed by atoms with Gasteiger partial charge in [-0.05, 0) is 24.1 Å². The van der Waals surface area contributed by atoms with E-state index in [0.717, 1.165) is 5.69 Å². The minimum atomic E-state index is -1.44. The van der Waals surface area contributed by atoms with Crippen molar-refractivity contribution in [3.8, 4) is 17.0 Å². The Morgan fingerprint density at radius 1 is 1.29 bits per heavy atom. The Hall–Kier alpha value is -2.76. The van der Waals surface area contributed by atoms with Gasteiger partial charge in [-0.1, -0.05) is 19.1 Å². The molecule has 0 saturated carbocycles. The molecule has 110 valence electrons. The van der Waals surface area contributed by atoms with Gasteiger partial charge in [-0.2, -0.15) is 0 Å². The van der Waals surface area contributed by atoms with Crippen LogP contribution in [0.5, 0.6) is 5.75 Å². The lowest BCUT2D eigenvalue weighted by Gasteiger charge is -2.12. The van der Waals surface area contributed by atoms with E-state index in [2.05, 4.69) is 10.3 Å². The number of rotatable bonds is 4. The molecule has 1 aromatic carbocycles. The third kappa shape index (κ3) is 2.60. The van der Waals surface area contributed by atoms with Crippen molar-refractivity contribution in [2.24, 2.45) is 0 Å². The van der Waals surface area contributed by atoms with Crippen LogP contribution in [-0.4, -0.2) is 28.2 Å². The summed E-state index contributed by atoms with van der Waals surface area (Å²) in [6, 6.07) is 7.23. The molecule has 21 heavy (non-hydrogen) atoms. The van der Waals surface area contributed by atoms with Crippen molar-refractivity contribution in [1.29, 1.82) is 0 Å². The molecule has 0 bridgehead atoms. The number of nitrogens with one attached hydrogen (secondary N) is 2. The molecule has 4 N–H and O–H groups in total. The highest BCUT2D eigenvalue weighted by atomic mass is 16.4. The van der Waals surface area contributed by atoms with Crippen molar-refractivity contribution < 1.29 is 15.0 Å². The van der Waals surface area contributed by atoms with Gasteiger partial charge in [0.1, 0.15) is 5.75 Å². The lowest BCUT2D eigenvalue weighted by atomic mass is 10.0. The van der Waals surface area contributed by atoms with Crippen LogP contribution in [0.4, 0.5) is 5.69 Å². The Morgan fingerprint density at radius 2 is 1.90 bits per heavy atom. The van der Waals surface area contributed by atoms with Gasteiger partial charge < -0.3 is 20.5 Å². The molecule has 0 aliphatic rings. The van der Waals surface area contributed by atoms with Gasteiger partial charge in [0.15, 0.2) is 5.56 Å². The lowest BCUT2D eigenvalue weighted by Crippen LogP contribution is -2.20. The molecule has 6 nitrogen and oxygen atoms in total. The number of hydrogen-bond acceptors (Lipinski definition) is 4. The Kier molecular flexibility index (Phi) is 3.98. The summed E-state index contributed by atoms with van der Waals surface area (Å²) in [5.41, 5.74) is 1.02. The van der Waals surface area contributed by atoms with Gasteiger partial charge in [-0.3, -0.25) is 4.79 Å². The van der Waals surface area contributed by atoms with Crippen molar-refractivity contribution in [2.45, 2.75) is 13.3 Å². The number of carboxylic acid groups (broad SMARTS) is 1. The Balaban J connectivity index is 2.68. The molecule has 0 aliphatic heterocycles. The van der Waals surface area contributed by atoms with Gasteiger partial charge in [0.2, 0.25) is 0 Å². The average Bonchev–Trinajstić information content (AvgIpc) is 2.46. The molecule has 0 aliphatic carbocycles. The van der Waals surface area contributed by atoms with Crippen molar-refractivity contribution >= 4 is 11.7 Å². The maximum atomic E-state index is 11.9. The van der Waals surface area contributed by atoms with Gasteiger partial charge in [0.05, 0.1) is 5.69 Å². The number of benzene rings is 1. The van der Waals surface area contributed by atoms with Crippen LogP contribution in [0.1, 0.15) is 22.8 Å². The Bertz CT molecular complexity index is 733. The zero-order valence-electron chi connectivity index (χ0n) is 11.7. The second-order valence-electron chi connectivity index (χ2n) is 4.52. The summed E-state index contributed by atoms with van der Waals surface area (Å²) in [6.07, 6.45) is 0.395. The first-order valence-electron chi connectivity index (χ1n) is 6.49. The second kappa shape index (κ2) is 5.70. The summed E-state index contributed by atoms with van der Waals surface area (Å²) in [4.78, 5) is 25.5. The van der Waals surface area contributed by atoms with Crippen molar-refractivity contribution in [3.05, 3.63) is 45.7 Å². The standard InChI is InChI=1S/C15H16N2O4/c1-3-10-12(8-4-6-9(16-2)7-5-8)17-14(19)11(13(10)18)15(20)21/h4-7,16H,3H2,1-2H3,(H,20,21)(H2,17,18,19). The van der Waals surface area contributed by atoms with E-state index < -0.39 is 22.8 Å². The van der Waals surface area contributed by atoms with Gasteiger partial charge >= 0.3 is 5.97 Å². The second-order valence-corrected chi connectivity index (χ2v) is 4.52. The molecule has 0 radical (unpaired) electrons. The molecular weight excluding hydrogens is 272 g/mol. The molecule has 6 heteroatoms. The largest absolute Gasteiger partial charge is 0.506 e. The van der Waals surface area contributed by atoms with Gasteiger partial charge in [0, 0.05) is 18.3 Å². The maximum absolute atomic E-state index is 11.9. The molecule has 0 spiro atoms. The number of anilines is 1. The molecule has 0 atom stereocenters. The van der Waals surface area contributed by atoms with E-state index in [4.69, 9.17) is 5.11 Å².